The fraction of sp³-hybridized carbons (Fsp3) is 0.643. The summed E-state index contributed by atoms with van der Waals surface area (Å²) >= 11 is 0. The highest BCUT2D eigenvalue weighted by atomic mass is 16.5. The van der Waals surface area contributed by atoms with Crippen LogP contribution in [0.25, 0.3) is 12.7 Å². The molecule has 34 heavy (non-hydrogen) atoms. The van der Waals surface area contributed by atoms with E-state index in [1.807, 2.05) is 26.1 Å². The lowest BCUT2D eigenvalue weighted by molar-refractivity contribution is -0.126. The van der Waals surface area contributed by atoms with Crippen LogP contribution in [0.1, 0.15) is 63.1 Å². The summed E-state index contributed by atoms with van der Waals surface area (Å²) in [6, 6.07) is 0.390. The van der Waals surface area contributed by atoms with Crippen LogP contribution in [0.4, 0.5) is 0 Å². The van der Waals surface area contributed by atoms with Gasteiger partial charge < -0.3 is 19.5 Å². The summed E-state index contributed by atoms with van der Waals surface area (Å²) in [6.07, 6.45) is 13.1. The SMILES string of the molecule is C=c1c2c(n(C)/c1=C/C=C(\C)C(=O)N(C)CCCC(=O)NC1CC1)CCC(C1CCOCC1)C2. The van der Waals surface area contributed by atoms with E-state index in [2.05, 4.69) is 23.5 Å². The van der Waals surface area contributed by atoms with Gasteiger partial charge in [0.2, 0.25) is 11.8 Å². The number of fused-ring (bicyclic) bond motifs is 1. The summed E-state index contributed by atoms with van der Waals surface area (Å²) in [5.74, 6) is 1.59. The lowest BCUT2D eigenvalue weighted by atomic mass is 9.76. The predicted octanol–water partition coefficient (Wildman–Crippen LogP) is 2.21. The maximum absolute atomic E-state index is 12.8. The van der Waals surface area contributed by atoms with Crippen molar-refractivity contribution in [2.45, 2.75) is 70.8 Å². The Morgan fingerprint density at radius 1 is 1.18 bits per heavy atom. The molecule has 2 fully saturated rings. The fourth-order valence-electron chi connectivity index (χ4n) is 5.61. The minimum Gasteiger partial charge on any atom is -0.381 e. The summed E-state index contributed by atoms with van der Waals surface area (Å²) in [4.78, 5) is 26.4. The number of carbonyl (C=O) groups excluding carboxylic acids is 2. The van der Waals surface area contributed by atoms with E-state index in [1.54, 1.807) is 4.90 Å². The Kier molecular flexibility index (Phi) is 7.97. The lowest BCUT2D eigenvalue weighted by Gasteiger charge is -2.33. The third-order valence-electron chi connectivity index (χ3n) is 7.95. The number of allylic oxidation sites excluding steroid dienone is 1. The van der Waals surface area contributed by atoms with E-state index in [4.69, 9.17) is 4.74 Å². The summed E-state index contributed by atoms with van der Waals surface area (Å²) in [5, 5.41) is 5.21. The number of aromatic nitrogens is 1. The smallest absolute Gasteiger partial charge is 0.249 e. The molecule has 1 N–H and O–H groups in total. The molecule has 6 heteroatoms. The molecule has 3 aliphatic rings. The van der Waals surface area contributed by atoms with Crippen molar-refractivity contribution in [2.75, 3.05) is 26.8 Å². The monoisotopic (exact) mass is 467 g/mol. The van der Waals surface area contributed by atoms with Gasteiger partial charge in [0, 0.05) is 62.9 Å². The molecule has 0 radical (unpaired) electrons. The minimum atomic E-state index is 0.00279. The largest absolute Gasteiger partial charge is 0.381 e. The summed E-state index contributed by atoms with van der Waals surface area (Å²) in [6.45, 7) is 8.68. The molecule has 2 heterocycles. The molecule has 186 valence electrons. The highest BCUT2D eigenvalue weighted by Gasteiger charge is 2.29. The summed E-state index contributed by atoms with van der Waals surface area (Å²) in [5.41, 5.74) is 3.51. The Bertz CT molecular complexity index is 1040. The second-order valence-electron chi connectivity index (χ2n) is 10.5. The van der Waals surface area contributed by atoms with Gasteiger partial charge in [-0.15, -0.1) is 0 Å². The molecule has 1 unspecified atom stereocenters. The van der Waals surface area contributed by atoms with E-state index in [-0.39, 0.29) is 11.8 Å². The van der Waals surface area contributed by atoms with Crippen LogP contribution in [0, 0.1) is 11.8 Å². The van der Waals surface area contributed by atoms with Gasteiger partial charge in [0.1, 0.15) is 0 Å². The number of carbonyl (C=O) groups is 2. The van der Waals surface area contributed by atoms with E-state index in [0.717, 1.165) is 61.3 Å². The van der Waals surface area contributed by atoms with Crippen LogP contribution >= 0.6 is 0 Å². The average Bonchev–Trinajstić information content (AvgIpc) is 3.63. The van der Waals surface area contributed by atoms with E-state index in [0.29, 0.717) is 31.0 Å². The van der Waals surface area contributed by atoms with E-state index >= 15 is 0 Å². The third kappa shape index (κ3) is 5.83. The van der Waals surface area contributed by atoms with Crippen molar-refractivity contribution in [1.29, 1.82) is 0 Å². The molecule has 4 rings (SSSR count). The van der Waals surface area contributed by atoms with Crippen molar-refractivity contribution in [1.82, 2.24) is 14.8 Å². The zero-order chi connectivity index (χ0) is 24.2. The maximum atomic E-state index is 12.8. The standard InChI is InChI=1S/C28H41N3O3/c1-19(28(33)30(3)15-5-6-27(32)29-23-9-10-23)7-11-25-20(2)24-18-22(8-12-26(24)31(25)4)21-13-16-34-17-14-21/h7,11,21-23H,2,5-6,8-10,12-18H2,1,3-4H3,(H,29,32)/b19-7+,25-11+. The molecule has 0 bridgehead atoms. The van der Waals surface area contributed by atoms with Gasteiger partial charge in [-0.3, -0.25) is 9.59 Å². The predicted molar refractivity (Wildman–Crippen MR) is 136 cm³/mol. The first kappa shape index (κ1) is 24.8. The van der Waals surface area contributed by atoms with Crippen molar-refractivity contribution in [3.63, 3.8) is 0 Å². The molecule has 1 saturated heterocycles. The van der Waals surface area contributed by atoms with E-state index in [9.17, 15) is 9.59 Å². The molecular formula is C28H41N3O3. The molecule has 0 aromatic carbocycles. The van der Waals surface area contributed by atoms with Crippen LogP contribution in [0.5, 0.6) is 0 Å². The molecule has 1 saturated carbocycles. The quantitative estimate of drug-likeness (QED) is 0.597. The fourth-order valence-corrected chi connectivity index (χ4v) is 5.61. The summed E-state index contributed by atoms with van der Waals surface area (Å²) in [7, 11) is 3.93. The molecular weight excluding hydrogens is 426 g/mol. The highest BCUT2D eigenvalue weighted by Crippen LogP contribution is 2.33. The van der Waals surface area contributed by atoms with Crippen LogP contribution in [0.2, 0.25) is 0 Å². The molecule has 6 nitrogen and oxygen atoms in total. The van der Waals surface area contributed by atoms with Gasteiger partial charge in [0.05, 0.1) is 0 Å². The second kappa shape index (κ2) is 10.9. The van der Waals surface area contributed by atoms with Gasteiger partial charge in [-0.2, -0.15) is 0 Å². The van der Waals surface area contributed by atoms with Gasteiger partial charge in [-0.1, -0.05) is 12.7 Å². The third-order valence-corrected chi connectivity index (χ3v) is 7.95. The Morgan fingerprint density at radius 2 is 1.91 bits per heavy atom. The van der Waals surface area contributed by atoms with Crippen LogP contribution in [-0.4, -0.2) is 54.1 Å². The first-order chi connectivity index (χ1) is 16.3. The topological polar surface area (TPSA) is 63.6 Å². The van der Waals surface area contributed by atoms with Gasteiger partial charge in [0.25, 0.3) is 0 Å². The van der Waals surface area contributed by atoms with Crippen molar-refractivity contribution in [2.24, 2.45) is 18.9 Å². The first-order valence-corrected chi connectivity index (χ1v) is 13.0. The Labute approximate surface area is 203 Å². The molecule has 2 amide bonds. The van der Waals surface area contributed by atoms with Crippen LogP contribution in [-0.2, 0) is 34.2 Å². The lowest BCUT2D eigenvalue weighted by Crippen LogP contribution is -2.31. The molecule has 0 spiro atoms. The Morgan fingerprint density at radius 3 is 2.62 bits per heavy atom. The molecule has 2 aliphatic carbocycles. The van der Waals surface area contributed by atoms with Gasteiger partial charge in [-0.25, -0.2) is 0 Å². The number of nitrogens with one attached hydrogen (secondary N) is 1. The number of likely N-dealkylation sites (N-methyl/N-ethyl adjacent to an activating group) is 1. The molecule has 1 aromatic heterocycles. The Hall–Kier alpha value is -2.34. The first-order valence-electron chi connectivity index (χ1n) is 13.0. The number of ether oxygens (including phenoxy) is 1. The van der Waals surface area contributed by atoms with Crippen LogP contribution < -0.4 is 15.9 Å². The van der Waals surface area contributed by atoms with Gasteiger partial charge in [0.15, 0.2) is 0 Å². The molecule has 1 aliphatic heterocycles. The van der Waals surface area contributed by atoms with Crippen molar-refractivity contribution in [3.05, 3.63) is 33.5 Å². The normalized spacial score (nSPS) is 21.9. The van der Waals surface area contributed by atoms with Crippen molar-refractivity contribution < 1.29 is 14.3 Å². The number of amides is 2. The highest BCUT2D eigenvalue weighted by molar-refractivity contribution is 5.93. The van der Waals surface area contributed by atoms with E-state index in [1.165, 1.54) is 30.5 Å². The Balaban J connectivity index is 1.38. The number of hydrogen-bond donors (Lipinski definition) is 1. The number of rotatable bonds is 8. The molecule has 1 atom stereocenters. The van der Waals surface area contributed by atoms with Crippen molar-refractivity contribution in [3.8, 4) is 0 Å². The van der Waals surface area contributed by atoms with Crippen LogP contribution in [0.3, 0.4) is 0 Å². The van der Waals surface area contributed by atoms with Crippen LogP contribution in [0.15, 0.2) is 11.6 Å². The summed E-state index contributed by atoms with van der Waals surface area (Å²) < 4.78 is 7.84. The van der Waals surface area contributed by atoms with Crippen molar-refractivity contribution >= 4 is 24.5 Å². The molecule has 1 aromatic rings. The van der Waals surface area contributed by atoms with Gasteiger partial charge in [-0.05, 0) is 87.0 Å². The maximum Gasteiger partial charge on any atom is 0.249 e. The minimum absolute atomic E-state index is 0.00279. The average molecular weight is 468 g/mol. The zero-order valence-corrected chi connectivity index (χ0v) is 21.2. The van der Waals surface area contributed by atoms with E-state index < -0.39 is 0 Å². The number of hydrogen-bond acceptors (Lipinski definition) is 3. The number of nitrogens with zero attached hydrogens (tertiary/aromatic N) is 2. The second-order valence-corrected chi connectivity index (χ2v) is 10.5. The van der Waals surface area contributed by atoms with Gasteiger partial charge >= 0.3 is 0 Å². The zero-order valence-electron chi connectivity index (χ0n) is 21.2.